The van der Waals surface area contributed by atoms with E-state index in [0.717, 1.165) is 4.88 Å². The van der Waals surface area contributed by atoms with Crippen LogP contribution in [0.3, 0.4) is 0 Å². The molecule has 1 aliphatic rings. The van der Waals surface area contributed by atoms with Gasteiger partial charge in [0.1, 0.15) is 0 Å². The smallest absolute Gasteiger partial charge is 0.335 e. The highest BCUT2D eigenvalue weighted by atomic mass is 35.5. The first kappa shape index (κ1) is 15.3. The van der Waals surface area contributed by atoms with Crippen LogP contribution in [0.5, 0.6) is 0 Å². The lowest BCUT2D eigenvalue weighted by molar-refractivity contribution is -0.165. The molecule has 110 valence electrons. The number of aliphatic carboxylic acids is 1. The molecule has 0 atom stereocenters. The largest absolute Gasteiger partial charge is 0.479 e. The Morgan fingerprint density at radius 2 is 2.00 bits per heavy atom. The zero-order valence-corrected chi connectivity index (χ0v) is 12.4. The number of likely N-dealkylation sites (tertiary alicyclic amines) is 1. The number of piperidine rings is 1. The summed E-state index contributed by atoms with van der Waals surface area (Å²) in [6.07, 6.45) is 1.18. The summed E-state index contributed by atoms with van der Waals surface area (Å²) >= 11 is 7.28. The Morgan fingerprint density at radius 3 is 2.50 bits per heavy atom. The van der Waals surface area contributed by atoms with Gasteiger partial charge in [0.05, 0.1) is 4.34 Å². The van der Waals surface area contributed by atoms with Crippen molar-refractivity contribution in [1.82, 2.24) is 4.90 Å². The lowest BCUT2D eigenvalue weighted by Gasteiger charge is -2.35. The fraction of sp³-hybridized carbons (Fsp3) is 0.538. The average molecular weight is 318 g/mol. The van der Waals surface area contributed by atoms with Gasteiger partial charge >= 0.3 is 5.97 Å². The summed E-state index contributed by atoms with van der Waals surface area (Å²) in [5.74, 6) is -1.22. The fourth-order valence-electron chi connectivity index (χ4n) is 2.21. The number of aryl methyl sites for hydroxylation is 1. The molecule has 0 bridgehead atoms. The van der Waals surface area contributed by atoms with Crippen LogP contribution in [0, 0.1) is 0 Å². The molecule has 20 heavy (non-hydrogen) atoms. The van der Waals surface area contributed by atoms with Gasteiger partial charge in [0, 0.05) is 37.2 Å². The molecule has 2 heterocycles. The number of thiophene rings is 1. The van der Waals surface area contributed by atoms with E-state index in [1.165, 1.54) is 11.3 Å². The Labute approximate surface area is 125 Å². The molecule has 0 spiro atoms. The lowest BCUT2D eigenvalue weighted by Crippen LogP contribution is -2.50. The van der Waals surface area contributed by atoms with E-state index >= 15 is 0 Å². The third-order valence-electron chi connectivity index (χ3n) is 3.56. The van der Waals surface area contributed by atoms with Gasteiger partial charge in [0.15, 0.2) is 5.60 Å². The molecule has 0 unspecified atom stereocenters. The molecule has 0 aliphatic carbocycles. The fourth-order valence-corrected chi connectivity index (χ4v) is 3.30. The maximum atomic E-state index is 12.0. The molecule has 1 aromatic heterocycles. The van der Waals surface area contributed by atoms with Gasteiger partial charge in [-0.25, -0.2) is 4.79 Å². The van der Waals surface area contributed by atoms with Gasteiger partial charge in [-0.1, -0.05) is 11.6 Å². The van der Waals surface area contributed by atoms with Crippen molar-refractivity contribution < 1.29 is 19.8 Å². The number of carbonyl (C=O) groups is 2. The second-order valence-corrected chi connectivity index (χ2v) is 6.72. The highest BCUT2D eigenvalue weighted by Gasteiger charge is 2.40. The van der Waals surface area contributed by atoms with Crippen LogP contribution >= 0.6 is 22.9 Å². The Hall–Kier alpha value is -1.11. The minimum absolute atomic E-state index is 0.0121. The van der Waals surface area contributed by atoms with Crippen molar-refractivity contribution in [2.45, 2.75) is 31.3 Å². The van der Waals surface area contributed by atoms with Crippen molar-refractivity contribution in [3.8, 4) is 0 Å². The SMILES string of the molecule is O=C(CCc1ccc(Cl)s1)N1CCC(O)(C(=O)O)CC1. The molecule has 1 saturated heterocycles. The number of carboxylic acid groups (broad SMARTS) is 1. The van der Waals surface area contributed by atoms with Crippen molar-refractivity contribution in [1.29, 1.82) is 0 Å². The van der Waals surface area contributed by atoms with Crippen molar-refractivity contribution in [2.24, 2.45) is 0 Å². The van der Waals surface area contributed by atoms with Gasteiger partial charge in [-0.2, -0.15) is 0 Å². The molecule has 5 nitrogen and oxygen atoms in total. The molecule has 1 aromatic rings. The molecule has 2 N–H and O–H groups in total. The lowest BCUT2D eigenvalue weighted by atomic mass is 9.91. The summed E-state index contributed by atoms with van der Waals surface area (Å²) in [6.45, 7) is 0.569. The van der Waals surface area contributed by atoms with Crippen LogP contribution in [-0.2, 0) is 16.0 Å². The zero-order valence-electron chi connectivity index (χ0n) is 10.8. The molecule has 0 saturated carbocycles. The van der Waals surface area contributed by atoms with E-state index in [2.05, 4.69) is 0 Å². The molecular formula is C13H16ClNO4S. The van der Waals surface area contributed by atoms with Crippen LogP contribution in [-0.4, -0.2) is 45.7 Å². The monoisotopic (exact) mass is 317 g/mol. The summed E-state index contributed by atoms with van der Waals surface area (Å²) in [5.41, 5.74) is -1.68. The molecule has 0 radical (unpaired) electrons. The minimum atomic E-state index is -1.68. The van der Waals surface area contributed by atoms with Crippen LogP contribution in [0.15, 0.2) is 12.1 Å². The summed E-state index contributed by atoms with van der Waals surface area (Å²) in [4.78, 5) is 25.6. The molecule has 0 aromatic carbocycles. The predicted molar refractivity (Wildman–Crippen MR) is 76.0 cm³/mol. The first-order valence-corrected chi connectivity index (χ1v) is 7.58. The van der Waals surface area contributed by atoms with Crippen molar-refractivity contribution >= 4 is 34.8 Å². The van der Waals surface area contributed by atoms with Crippen molar-refractivity contribution in [3.63, 3.8) is 0 Å². The Morgan fingerprint density at radius 1 is 1.35 bits per heavy atom. The van der Waals surface area contributed by atoms with E-state index in [-0.39, 0.29) is 31.8 Å². The van der Waals surface area contributed by atoms with E-state index in [1.807, 2.05) is 6.07 Å². The minimum Gasteiger partial charge on any atom is -0.479 e. The van der Waals surface area contributed by atoms with E-state index in [0.29, 0.717) is 17.2 Å². The van der Waals surface area contributed by atoms with Gasteiger partial charge in [-0.3, -0.25) is 4.79 Å². The van der Waals surface area contributed by atoms with E-state index < -0.39 is 11.6 Å². The van der Waals surface area contributed by atoms with Crippen LogP contribution in [0.25, 0.3) is 0 Å². The number of carbonyl (C=O) groups excluding carboxylic acids is 1. The van der Waals surface area contributed by atoms with Crippen LogP contribution in [0.1, 0.15) is 24.1 Å². The predicted octanol–water partition coefficient (Wildman–Crippen LogP) is 1.77. The summed E-state index contributed by atoms with van der Waals surface area (Å²) < 4.78 is 0.706. The zero-order chi connectivity index (χ0) is 14.8. The van der Waals surface area contributed by atoms with Crippen LogP contribution in [0.4, 0.5) is 0 Å². The number of amides is 1. The highest BCUT2D eigenvalue weighted by Crippen LogP contribution is 2.25. The van der Waals surface area contributed by atoms with Crippen molar-refractivity contribution in [3.05, 3.63) is 21.3 Å². The van der Waals surface area contributed by atoms with E-state index in [4.69, 9.17) is 16.7 Å². The van der Waals surface area contributed by atoms with Gasteiger partial charge < -0.3 is 15.1 Å². The number of nitrogens with zero attached hydrogens (tertiary/aromatic N) is 1. The number of aliphatic hydroxyl groups is 1. The first-order chi connectivity index (χ1) is 9.40. The number of hydrogen-bond acceptors (Lipinski definition) is 4. The number of carboxylic acids is 1. The van der Waals surface area contributed by atoms with Gasteiger partial charge in [0.25, 0.3) is 0 Å². The molecular weight excluding hydrogens is 302 g/mol. The Kier molecular flexibility index (Phi) is 4.67. The third-order valence-corrected chi connectivity index (χ3v) is 4.85. The number of halogens is 1. The van der Waals surface area contributed by atoms with E-state index in [1.54, 1.807) is 11.0 Å². The molecule has 1 fully saturated rings. The first-order valence-electron chi connectivity index (χ1n) is 6.38. The van der Waals surface area contributed by atoms with Gasteiger partial charge in [-0.15, -0.1) is 11.3 Å². The molecule has 2 rings (SSSR count). The van der Waals surface area contributed by atoms with Gasteiger partial charge in [0.2, 0.25) is 5.91 Å². The average Bonchev–Trinajstić information content (AvgIpc) is 2.82. The van der Waals surface area contributed by atoms with Crippen LogP contribution < -0.4 is 0 Å². The van der Waals surface area contributed by atoms with Crippen LogP contribution in [0.2, 0.25) is 4.34 Å². The Balaban J connectivity index is 1.81. The normalized spacial score (nSPS) is 18.0. The summed E-state index contributed by atoms with van der Waals surface area (Å²) in [7, 11) is 0. The Bertz CT molecular complexity index is 508. The highest BCUT2D eigenvalue weighted by molar-refractivity contribution is 7.16. The van der Waals surface area contributed by atoms with Crippen molar-refractivity contribution in [2.75, 3.05) is 13.1 Å². The number of rotatable bonds is 4. The summed E-state index contributed by atoms with van der Waals surface area (Å²) in [6, 6.07) is 3.71. The third kappa shape index (κ3) is 3.50. The maximum absolute atomic E-state index is 12.0. The second kappa shape index (κ2) is 6.11. The number of hydrogen-bond donors (Lipinski definition) is 2. The second-order valence-electron chi connectivity index (χ2n) is 4.92. The van der Waals surface area contributed by atoms with Gasteiger partial charge in [-0.05, 0) is 18.6 Å². The standard InChI is InChI=1S/C13H16ClNO4S/c14-10-3-1-9(20-10)2-4-11(16)15-7-5-13(19,6-8-15)12(17)18/h1,3,19H,2,4-8H2,(H,17,18). The molecule has 1 aliphatic heterocycles. The molecule has 7 heteroatoms. The topological polar surface area (TPSA) is 77.8 Å². The van der Waals surface area contributed by atoms with E-state index in [9.17, 15) is 14.7 Å². The maximum Gasteiger partial charge on any atom is 0.335 e. The molecule has 1 amide bonds. The summed E-state index contributed by atoms with van der Waals surface area (Å²) in [5, 5.41) is 18.7. The quantitative estimate of drug-likeness (QED) is 0.887.